The smallest absolute Gasteiger partial charge is 0.246 e. The van der Waals surface area contributed by atoms with Gasteiger partial charge >= 0.3 is 0 Å². The molecule has 0 atom stereocenters. The van der Waals surface area contributed by atoms with Gasteiger partial charge in [0.2, 0.25) is 5.91 Å². The normalized spacial score (nSPS) is 10.6. The van der Waals surface area contributed by atoms with Gasteiger partial charge in [-0.3, -0.25) is 9.59 Å². The SMILES string of the molecule is CC(C)c1ccccc1NC(=O)Cn1cc(C=O)nn1. The number of amides is 1. The molecule has 20 heavy (non-hydrogen) atoms. The van der Waals surface area contributed by atoms with Crippen molar-refractivity contribution in [2.75, 3.05) is 5.32 Å². The third-order valence-corrected chi connectivity index (χ3v) is 2.84. The molecule has 2 rings (SSSR count). The summed E-state index contributed by atoms with van der Waals surface area (Å²) in [4.78, 5) is 22.5. The van der Waals surface area contributed by atoms with E-state index >= 15 is 0 Å². The Bertz CT molecular complexity index is 619. The molecule has 0 bridgehead atoms. The molecule has 6 heteroatoms. The van der Waals surface area contributed by atoms with Crippen molar-refractivity contribution in [3.8, 4) is 0 Å². The van der Waals surface area contributed by atoms with Crippen LogP contribution in [0.1, 0.15) is 35.8 Å². The summed E-state index contributed by atoms with van der Waals surface area (Å²) in [5.74, 6) is 0.111. The van der Waals surface area contributed by atoms with Crippen molar-refractivity contribution in [3.63, 3.8) is 0 Å². The number of para-hydroxylation sites is 1. The molecule has 1 amide bonds. The molecular formula is C14H16N4O2. The summed E-state index contributed by atoms with van der Waals surface area (Å²) in [7, 11) is 0. The summed E-state index contributed by atoms with van der Waals surface area (Å²) in [5, 5.41) is 10.2. The molecule has 0 unspecified atom stereocenters. The van der Waals surface area contributed by atoms with Gasteiger partial charge in [-0.25, -0.2) is 4.68 Å². The van der Waals surface area contributed by atoms with E-state index in [0.29, 0.717) is 12.2 Å². The van der Waals surface area contributed by atoms with Crippen molar-refractivity contribution in [3.05, 3.63) is 41.7 Å². The van der Waals surface area contributed by atoms with E-state index in [2.05, 4.69) is 29.5 Å². The van der Waals surface area contributed by atoms with E-state index in [1.165, 1.54) is 10.9 Å². The molecule has 0 aliphatic carbocycles. The lowest BCUT2D eigenvalue weighted by Gasteiger charge is -2.13. The topological polar surface area (TPSA) is 76.9 Å². The highest BCUT2D eigenvalue weighted by atomic mass is 16.2. The van der Waals surface area contributed by atoms with Crippen LogP contribution in [0.2, 0.25) is 0 Å². The predicted octanol–water partition coefficient (Wildman–Crippen LogP) is 1.85. The van der Waals surface area contributed by atoms with Crippen molar-refractivity contribution in [2.24, 2.45) is 0 Å². The third-order valence-electron chi connectivity index (χ3n) is 2.84. The number of rotatable bonds is 5. The lowest BCUT2D eigenvalue weighted by atomic mass is 10.0. The zero-order valence-electron chi connectivity index (χ0n) is 11.4. The first kappa shape index (κ1) is 13.9. The highest BCUT2D eigenvalue weighted by Gasteiger charge is 2.10. The lowest BCUT2D eigenvalue weighted by Crippen LogP contribution is -2.20. The average molecular weight is 272 g/mol. The molecule has 0 spiro atoms. The Balaban J connectivity index is 2.06. The van der Waals surface area contributed by atoms with Crippen LogP contribution in [0.25, 0.3) is 0 Å². The maximum Gasteiger partial charge on any atom is 0.246 e. The largest absolute Gasteiger partial charge is 0.324 e. The van der Waals surface area contributed by atoms with E-state index in [1.54, 1.807) is 0 Å². The zero-order chi connectivity index (χ0) is 14.5. The number of hydrogen-bond acceptors (Lipinski definition) is 4. The Labute approximate surface area is 116 Å². The molecule has 1 N–H and O–H groups in total. The lowest BCUT2D eigenvalue weighted by molar-refractivity contribution is -0.116. The van der Waals surface area contributed by atoms with Crippen molar-refractivity contribution in [2.45, 2.75) is 26.3 Å². The number of anilines is 1. The summed E-state index contributed by atoms with van der Waals surface area (Å²) in [6.07, 6.45) is 2.02. The van der Waals surface area contributed by atoms with Crippen LogP contribution in [0.3, 0.4) is 0 Å². The molecule has 0 radical (unpaired) electrons. The molecule has 1 aromatic heterocycles. The van der Waals surface area contributed by atoms with Gasteiger partial charge in [-0.15, -0.1) is 5.10 Å². The van der Waals surface area contributed by atoms with Crippen molar-refractivity contribution in [1.29, 1.82) is 0 Å². The average Bonchev–Trinajstić information content (AvgIpc) is 2.86. The Morgan fingerprint density at radius 1 is 1.40 bits per heavy atom. The summed E-state index contributed by atoms with van der Waals surface area (Å²) in [5.41, 5.74) is 2.08. The number of benzene rings is 1. The van der Waals surface area contributed by atoms with Gasteiger partial charge < -0.3 is 5.32 Å². The summed E-state index contributed by atoms with van der Waals surface area (Å²) < 4.78 is 1.33. The number of carbonyl (C=O) groups is 2. The Kier molecular flexibility index (Phi) is 4.24. The second-order valence-electron chi connectivity index (χ2n) is 4.75. The standard InChI is InChI=1S/C14H16N4O2/c1-10(2)12-5-3-4-6-13(12)15-14(20)8-18-7-11(9-19)16-17-18/h3-7,9-10H,8H2,1-2H3,(H,15,20). The molecule has 1 heterocycles. The Morgan fingerprint density at radius 2 is 2.15 bits per heavy atom. The van der Waals surface area contributed by atoms with Crippen molar-refractivity contribution >= 4 is 17.9 Å². The van der Waals surface area contributed by atoms with E-state index in [4.69, 9.17) is 0 Å². The summed E-state index contributed by atoms with van der Waals surface area (Å²) in [6.45, 7) is 4.16. The summed E-state index contributed by atoms with van der Waals surface area (Å²) >= 11 is 0. The molecule has 6 nitrogen and oxygen atoms in total. The van der Waals surface area contributed by atoms with E-state index in [1.807, 2.05) is 24.3 Å². The highest BCUT2D eigenvalue weighted by Crippen LogP contribution is 2.23. The Morgan fingerprint density at radius 3 is 2.80 bits per heavy atom. The minimum Gasteiger partial charge on any atom is -0.324 e. The first-order valence-electron chi connectivity index (χ1n) is 6.34. The van der Waals surface area contributed by atoms with Crippen LogP contribution in [-0.2, 0) is 11.3 Å². The molecule has 2 aromatic rings. The van der Waals surface area contributed by atoms with Crippen LogP contribution >= 0.6 is 0 Å². The fourth-order valence-corrected chi connectivity index (χ4v) is 1.90. The van der Waals surface area contributed by atoms with E-state index < -0.39 is 0 Å². The number of nitrogens with zero attached hydrogens (tertiary/aromatic N) is 3. The zero-order valence-corrected chi connectivity index (χ0v) is 11.4. The van der Waals surface area contributed by atoms with Gasteiger partial charge in [0.1, 0.15) is 12.2 Å². The molecule has 0 saturated heterocycles. The molecule has 0 aliphatic rings. The number of hydrogen-bond donors (Lipinski definition) is 1. The minimum atomic E-state index is -0.208. The highest BCUT2D eigenvalue weighted by molar-refractivity contribution is 5.91. The molecular weight excluding hydrogens is 256 g/mol. The van der Waals surface area contributed by atoms with E-state index in [0.717, 1.165) is 11.3 Å². The molecule has 0 aliphatic heterocycles. The number of carbonyl (C=O) groups excluding carboxylic acids is 2. The van der Waals surface area contributed by atoms with Crippen LogP contribution in [-0.4, -0.2) is 27.2 Å². The number of aromatic nitrogens is 3. The molecule has 1 aromatic carbocycles. The quantitative estimate of drug-likeness (QED) is 0.843. The fraction of sp³-hybridized carbons (Fsp3) is 0.286. The van der Waals surface area contributed by atoms with Crippen LogP contribution in [0.4, 0.5) is 5.69 Å². The second-order valence-corrected chi connectivity index (χ2v) is 4.75. The molecule has 104 valence electrons. The van der Waals surface area contributed by atoms with Gasteiger partial charge in [-0.2, -0.15) is 0 Å². The van der Waals surface area contributed by atoms with Crippen LogP contribution in [0, 0.1) is 0 Å². The van der Waals surface area contributed by atoms with Crippen molar-refractivity contribution < 1.29 is 9.59 Å². The first-order valence-corrected chi connectivity index (χ1v) is 6.34. The number of nitrogens with one attached hydrogen (secondary N) is 1. The van der Waals surface area contributed by atoms with Crippen LogP contribution < -0.4 is 5.32 Å². The van der Waals surface area contributed by atoms with Gasteiger partial charge in [-0.1, -0.05) is 37.3 Å². The van der Waals surface area contributed by atoms with Gasteiger partial charge in [0, 0.05) is 5.69 Å². The predicted molar refractivity (Wildman–Crippen MR) is 74.6 cm³/mol. The first-order chi connectivity index (χ1) is 9.60. The van der Waals surface area contributed by atoms with Gasteiger partial charge in [0.05, 0.1) is 6.20 Å². The van der Waals surface area contributed by atoms with Crippen LogP contribution in [0.15, 0.2) is 30.5 Å². The Hall–Kier alpha value is -2.50. The van der Waals surface area contributed by atoms with Crippen molar-refractivity contribution in [1.82, 2.24) is 15.0 Å². The molecule has 0 fully saturated rings. The monoisotopic (exact) mass is 272 g/mol. The maximum absolute atomic E-state index is 12.0. The third kappa shape index (κ3) is 3.28. The maximum atomic E-state index is 12.0. The fourth-order valence-electron chi connectivity index (χ4n) is 1.90. The second kappa shape index (κ2) is 6.10. The summed E-state index contributed by atoms with van der Waals surface area (Å²) in [6, 6.07) is 7.67. The van der Waals surface area contributed by atoms with Gasteiger partial charge in [0.15, 0.2) is 6.29 Å². The van der Waals surface area contributed by atoms with Gasteiger partial charge in [0.25, 0.3) is 0 Å². The van der Waals surface area contributed by atoms with E-state index in [9.17, 15) is 9.59 Å². The van der Waals surface area contributed by atoms with Gasteiger partial charge in [-0.05, 0) is 17.5 Å². The number of aldehydes is 1. The van der Waals surface area contributed by atoms with E-state index in [-0.39, 0.29) is 18.1 Å². The van der Waals surface area contributed by atoms with Crippen LogP contribution in [0.5, 0.6) is 0 Å². The molecule has 0 saturated carbocycles. The minimum absolute atomic E-state index is 0.0211.